The van der Waals surface area contributed by atoms with E-state index in [1.807, 2.05) is 0 Å². The van der Waals surface area contributed by atoms with Crippen molar-refractivity contribution in [2.24, 2.45) is 0 Å². The Balaban J connectivity index is 0.000000134. The molecule has 0 aliphatic rings. The number of fused-ring (bicyclic) bond motifs is 18. The molecular formula is C94H60N4. The van der Waals surface area contributed by atoms with Gasteiger partial charge in [0, 0.05) is 65.5 Å². The second kappa shape index (κ2) is 22.3. The molecule has 0 atom stereocenters. The number of hydrogen-bond donors (Lipinski definition) is 0. The molecule has 0 fully saturated rings. The highest BCUT2D eigenvalue weighted by molar-refractivity contribution is 6.24. The summed E-state index contributed by atoms with van der Waals surface area (Å²) < 4.78 is 9.66. The van der Waals surface area contributed by atoms with Crippen molar-refractivity contribution in [3.05, 3.63) is 364 Å². The molecule has 4 heterocycles. The summed E-state index contributed by atoms with van der Waals surface area (Å²) in [7, 11) is 0. The van der Waals surface area contributed by atoms with E-state index in [2.05, 4.69) is 382 Å². The van der Waals surface area contributed by atoms with E-state index in [0.717, 1.165) is 5.69 Å². The molecule has 4 heteroatoms. The van der Waals surface area contributed by atoms with Gasteiger partial charge in [0.05, 0.1) is 49.8 Å². The molecule has 0 spiro atoms. The SMILES string of the molecule is c1ccc(-c2ccc(-n3c4ccccc4c4cc(-c5ccc6ccc7c(c6c5)c5ccccc5n7-c5ccc6ccccc6c5)ccc43)cc2)cc1.c1ccc(-n2c3ccccc3c3ccc(-c4ccc5c(ccc6c5c5ccccc5n6-c5cccc6ccccc56)c4)cc32)cc1. The second-order valence-electron chi connectivity index (χ2n) is 25.9. The van der Waals surface area contributed by atoms with Crippen LogP contribution in [0.2, 0.25) is 0 Å². The number of para-hydroxylation sites is 5. The third-order valence-corrected chi connectivity index (χ3v) is 20.6. The van der Waals surface area contributed by atoms with Crippen LogP contribution in [0.1, 0.15) is 0 Å². The highest BCUT2D eigenvalue weighted by Crippen LogP contribution is 2.44. The largest absolute Gasteiger partial charge is 0.309 e. The van der Waals surface area contributed by atoms with Crippen LogP contribution in [0.15, 0.2) is 364 Å². The molecule has 0 saturated heterocycles. The van der Waals surface area contributed by atoms with Crippen LogP contribution >= 0.6 is 0 Å². The standard InChI is InChI=1S/C50H32N2.C44H28N2/c1-2-10-33(11-3-1)35-20-25-40(26-21-35)51-46-16-8-6-14-42(46)45-32-39(24-28-48(45)51)38-19-18-36-23-29-49-50(44(36)31-38)43-15-7-9-17-47(43)52(49)41-27-22-34-12-4-5-13-37(34)30-41;1-2-13-33(14-3-1)45-40-18-8-6-16-36(40)37-25-22-31(28-43(37)45)30-21-24-35-32(27-30)23-26-42-44(35)38-17-7-9-19-41(38)46(42)39-20-10-12-29-11-4-5-15-34(29)39/h1-32H;1-28H. The van der Waals surface area contributed by atoms with Gasteiger partial charge in [0.1, 0.15) is 0 Å². The molecule has 0 bridgehead atoms. The lowest BCUT2D eigenvalue weighted by molar-refractivity contribution is 1.18. The van der Waals surface area contributed by atoms with E-state index in [9.17, 15) is 0 Å². The second-order valence-corrected chi connectivity index (χ2v) is 25.9. The molecule has 17 aromatic carbocycles. The maximum Gasteiger partial charge on any atom is 0.0547 e. The monoisotopic (exact) mass is 1240 g/mol. The number of hydrogen-bond acceptors (Lipinski definition) is 0. The summed E-state index contributed by atoms with van der Waals surface area (Å²) in [5.74, 6) is 0. The van der Waals surface area contributed by atoms with Gasteiger partial charge in [-0.1, -0.05) is 255 Å². The predicted octanol–water partition coefficient (Wildman–Crippen LogP) is 25.4. The van der Waals surface area contributed by atoms with E-state index in [-0.39, 0.29) is 0 Å². The van der Waals surface area contributed by atoms with Crippen LogP contribution in [-0.2, 0) is 0 Å². The lowest BCUT2D eigenvalue weighted by Crippen LogP contribution is -1.95. The molecule has 0 unspecified atom stereocenters. The van der Waals surface area contributed by atoms with Crippen LogP contribution in [0.3, 0.4) is 0 Å². The first-order chi connectivity index (χ1) is 48.6. The van der Waals surface area contributed by atoms with Gasteiger partial charge in [-0.05, 0) is 180 Å². The van der Waals surface area contributed by atoms with Crippen LogP contribution in [0.25, 0.3) is 186 Å². The summed E-state index contributed by atoms with van der Waals surface area (Å²) in [4.78, 5) is 0. The fourth-order valence-corrected chi connectivity index (χ4v) is 16.1. The smallest absolute Gasteiger partial charge is 0.0547 e. The molecule has 98 heavy (non-hydrogen) atoms. The Morgan fingerprint density at radius 3 is 1.28 bits per heavy atom. The number of nitrogens with zero attached hydrogens (tertiary/aromatic N) is 4. The zero-order chi connectivity index (χ0) is 64.4. The van der Waals surface area contributed by atoms with Gasteiger partial charge >= 0.3 is 0 Å². The van der Waals surface area contributed by atoms with Crippen LogP contribution in [0.5, 0.6) is 0 Å². The molecule has 21 aromatic rings. The third kappa shape index (κ3) is 8.78. The normalized spacial score (nSPS) is 11.9. The van der Waals surface area contributed by atoms with Gasteiger partial charge in [0.15, 0.2) is 0 Å². The molecule has 0 amide bonds. The molecule has 456 valence electrons. The van der Waals surface area contributed by atoms with Crippen LogP contribution in [-0.4, -0.2) is 18.3 Å². The van der Waals surface area contributed by atoms with Crippen LogP contribution in [0, 0.1) is 0 Å². The predicted molar refractivity (Wildman–Crippen MR) is 417 cm³/mol. The van der Waals surface area contributed by atoms with Gasteiger partial charge in [0.2, 0.25) is 0 Å². The van der Waals surface area contributed by atoms with Gasteiger partial charge in [-0.15, -0.1) is 0 Å². The van der Waals surface area contributed by atoms with Gasteiger partial charge in [0.25, 0.3) is 0 Å². The minimum Gasteiger partial charge on any atom is -0.309 e. The molecule has 0 aliphatic carbocycles. The molecule has 0 aliphatic heterocycles. The maximum atomic E-state index is 2.44. The Morgan fingerprint density at radius 1 is 0.143 bits per heavy atom. The first-order valence-corrected chi connectivity index (χ1v) is 33.8. The van der Waals surface area contributed by atoms with E-state index >= 15 is 0 Å². The minimum absolute atomic E-state index is 1.16. The zero-order valence-corrected chi connectivity index (χ0v) is 53.4. The lowest BCUT2D eigenvalue weighted by Gasteiger charge is -2.12. The first kappa shape index (κ1) is 55.4. The van der Waals surface area contributed by atoms with Crippen molar-refractivity contribution >= 4 is 130 Å². The van der Waals surface area contributed by atoms with Gasteiger partial charge in [-0.25, -0.2) is 0 Å². The van der Waals surface area contributed by atoms with Gasteiger partial charge in [-0.3, -0.25) is 0 Å². The molecular weight excluding hydrogens is 1190 g/mol. The van der Waals surface area contributed by atoms with Crippen LogP contribution in [0.4, 0.5) is 0 Å². The molecule has 21 rings (SSSR count). The molecule has 4 nitrogen and oxygen atoms in total. The van der Waals surface area contributed by atoms with Crippen molar-refractivity contribution in [1.29, 1.82) is 0 Å². The fraction of sp³-hybridized carbons (Fsp3) is 0. The third-order valence-electron chi connectivity index (χ3n) is 20.6. The fourth-order valence-electron chi connectivity index (χ4n) is 16.1. The molecule has 0 radical (unpaired) electrons. The maximum absolute atomic E-state index is 2.44. The molecule has 0 saturated carbocycles. The average Bonchev–Trinajstić information content (AvgIpc) is 1.58. The van der Waals surface area contributed by atoms with Crippen molar-refractivity contribution in [1.82, 2.24) is 18.3 Å². The van der Waals surface area contributed by atoms with Crippen LogP contribution < -0.4 is 0 Å². The number of benzene rings is 17. The first-order valence-electron chi connectivity index (χ1n) is 33.8. The highest BCUT2D eigenvalue weighted by atomic mass is 15.0. The Labute approximate surface area is 565 Å². The Hall–Kier alpha value is -13.0. The number of aromatic nitrogens is 4. The van der Waals surface area contributed by atoms with Crippen molar-refractivity contribution < 1.29 is 0 Å². The van der Waals surface area contributed by atoms with Gasteiger partial charge in [-0.2, -0.15) is 0 Å². The van der Waals surface area contributed by atoms with Crippen molar-refractivity contribution in [3.8, 4) is 56.1 Å². The number of rotatable bonds is 7. The van der Waals surface area contributed by atoms with E-state index < -0.39 is 0 Å². The van der Waals surface area contributed by atoms with E-state index in [1.165, 1.54) is 181 Å². The molecule has 0 N–H and O–H groups in total. The summed E-state index contributed by atoms with van der Waals surface area (Å²) in [5.41, 5.74) is 21.8. The minimum atomic E-state index is 1.16. The van der Waals surface area contributed by atoms with E-state index in [4.69, 9.17) is 0 Å². The van der Waals surface area contributed by atoms with Crippen molar-refractivity contribution in [3.63, 3.8) is 0 Å². The zero-order valence-electron chi connectivity index (χ0n) is 53.4. The Morgan fingerprint density at radius 2 is 0.541 bits per heavy atom. The topological polar surface area (TPSA) is 19.7 Å². The van der Waals surface area contributed by atoms with Crippen molar-refractivity contribution in [2.75, 3.05) is 0 Å². The Kier molecular flexibility index (Phi) is 12.6. The van der Waals surface area contributed by atoms with E-state index in [1.54, 1.807) is 0 Å². The summed E-state index contributed by atoms with van der Waals surface area (Å²) in [6, 6.07) is 133. The summed E-state index contributed by atoms with van der Waals surface area (Å²) >= 11 is 0. The molecule has 4 aromatic heterocycles. The summed E-state index contributed by atoms with van der Waals surface area (Å²) in [6.07, 6.45) is 0. The Bertz CT molecular complexity index is 6780. The highest BCUT2D eigenvalue weighted by Gasteiger charge is 2.21. The van der Waals surface area contributed by atoms with Gasteiger partial charge < -0.3 is 18.3 Å². The summed E-state index contributed by atoms with van der Waals surface area (Å²) in [5, 5.41) is 20.2. The summed E-state index contributed by atoms with van der Waals surface area (Å²) in [6.45, 7) is 0. The average molecular weight is 1250 g/mol. The quantitative estimate of drug-likeness (QED) is 0.152. The van der Waals surface area contributed by atoms with Crippen molar-refractivity contribution in [2.45, 2.75) is 0 Å². The van der Waals surface area contributed by atoms with E-state index in [0.29, 0.717) is 0 Å². The lowest BCUT2D eigenvalue weighted by atomic mass is 9.97.